The molecule has 1 aliphatic rings. The van der Waals surface area contributed by atoms with E-state index in [1.807, 2.05) is 6.92 Å². The molecule has 0 aromatic heterocycles. The molecule has 0 spiro atoms. The molecule has 100 valence electrons. The first kappa shape index (κ1) is 13.9. The normalized spacial score (nSPS) is 25.4. The molecule has 2 rings (SSSR count). The average Bonchev–Trinajstić information content (AvgIpc) is 2.76. The zero-order valence-electron chi connectivity index (χ0n) is 10.1. The molecule has 1 saturated heterocycles. The monoisotopic (exact) mass is 319 g/mol. The number of ether oxygens (including phenoxy) is 1. The van der Waals surface area contributed by atoms with Crippen LogP contribution in [0, 0.1) is 17.6 Å². The van der Waals surface area contributed by atoms with Crippen molar-refractivity contribution < 1.29 is 13.5 Å². The molecule has 0 saturated carbocycles. The lowest BCUT2D eigenvalue weighted by Crippen LogP contribution is -2.39. The lowest BCUT2D eigenvalue weighted by Gasteiger charge is -2.23. The highest BCUT2D eigenvalue weighted by Gasteiger charge is 2.31. The predicted octanol–water partition coefficient (Wildman–Crippen LogP) is 3.02. The van der Waals surface area contributed by atoms with Crippen LogP contribution in [-0.2, 0) is 11.2 Å². The molecule has 5 heteroatoms. The maximum absolute atomic E-state index is 13.8. The lowest BCUT2D eigenvalue weighted by molar-refractivity contribution is 0.0722. The van der Waals surface area contributed by atoms with E-state index in [4.69, 9.17) is 10.5 Å². The summed E-state index contributed by atoms with van der Waals surface area (Å²) in [5, 5.41) is 0. The Morgan fingerprint density at radius 3 is 2.83 bits per heavy atom. The third kappa shape index (κ3) is 2.73. The van der Waals surface area contributed by atoms with Crippen molar-refractivity contribution in [1.82, 2.24) is 0 Å². The minimum absolute atomic E-state index is 0.0274. The van der Waals surface area contributed by atoms with Crippen LogP contribution in [0.2, 0.25) is 0 Å². The Morgan fingerprint density at radius 2 is 2.22 bits per heavy atom. The van der Waals surface area contributed by atoms with Gasteiger partial charge in [0, 0.05) is 18.2 Å². The molecule has 0 radical (unpaired) electrons. The molecule has 1 heterocycles. The molecule has 1 aromatic rings. The van der Waals surface area contributed by atoms with E-state index in [1.165, 1.54) is 12.1 Å². The van der Waals surface area contributed by atoms with Gasteiger partial charge >= 0.3 is 0 Å². The Morgan fingerprint density at radius 1 is 1.50 bits per heavy atom. The van der Waals surface area contributed by atoms with Gasteiger partial charge in [-0.1, -0.05) is 6.92 Å². The summed E-state index contributed by atoms with van der Waals surface area (Å²) < 4.78 is 33.2. The van der Waals surface area contributed by atoms with E-state index in [0.29, 0.717) is 12.5 Å². The van der Waals surface area contributed by atoms with E-state index in [1.54, 1.807) is 0 Å². The molecular formula is C13H16BrF2NO. The van der Waals surface area contributed by atoms with Gasteiger partial charge in [0.25, 0.3) is 0 Å². The first-order valence-electron chi connectivity index (χ1n) is 6.00. The topological polar surface area (TPSA) is 35.2 Å². The van der Waals surface area contributed by atoms with Crippen molar-refractivity contribution in [1.29, 1.82) is 0 Å². The smallest absolute Gasteiger partial charge is 0.143 e. The van der Waals surface area contributed by atoms with Gasteiger partial charge in [0.2, 0.25) is 0 Å². The quantitative estimate of drug-likeness (QED) is 0.869. The van der Waals surface area contributed by atoms with Crippen LogP contribution in [0.25, 0.3) is 0 Å². The van der Waals surface area contributed by atoms with Crippen LogP contribution in [0.5, 0.6) is 0 Å². The fraction of sp³-hybridized carbons (Fsp3) is 0.538. The molecule has 18 heavy (non-hydrogen) atoms. The molecular weight excluding hydrogens is 304 g/mol. The molecule has 1 fully saturated rings. The van der Waals surface area contributed by atoms with Crippen molar-refractivity contribution in [2.24, 2.45) is 11.7 Å². The summed E-state index contributed by atoms with van der Waals surface area (Å²) in [4.78, 5) is 0. The molecule has 3 unspecified atom stereocenters. The summed E-state index contributed by atoms with van der Waals surface area (Å²) in [6.07, 6.45) is 0.969. The van der Waals surface area contributed by atoms with Gasteiger partial charge in [-0.2, -0.15) is 0 Å². The van der Waals surface area contributed by atoms with Crippen LogP contribution in [0.3, 0.4) is 0 Å². The van der Waals surface area contributed by atoms with Gasteiger partial charge in [-0.3, -0.25) is 0 Å². The highest BCUT2D eigenvalue weighted by Crippen LogP contribution is 2.27. The van der Waals surface area contributed by atoms with Gasteiger partial charge in [0.1, 0.15) is 11.6 Å². The molecule has 1 aliphatic heterocycles. The second-order valence-electron chi connectivity index (χ2n) is 4.79. The number of rotatable bonds is 3. The van der Waals surface area contributed by atoms with Gasteiger partial charge in [0.15, 0.2) is 0 Å². The van der Waals surface area contributed by atoms with Crippen LogP contribution < -0.4 is 5.73 Å². The van der Waals surface area contributed by atoms with Gasteiger partial charge in [-0.05, 0) is 46.8 Å². The third-order valence-corrected chi connectivity index (χ3v) is 4.06. The molecule has 0 bridgehead atoms. The number of hydrogen-bond acceptors (Lipinski definition) is 2. The molecule has 2 nitrogen and oxygen atoms in total. The molecule has 0 amide bonds. The number of hydrogen-bond donors (Lipinski definition) is 1. The second kappa shape index (κ2) is 5.63. The van der Waals surface area contributed by atoms with Crippen molar-refractivity contribution in [3.63, 3.8) is 0 Å². The summed E-state index contributed by atoms with van der Waals surface area (Å²) in [5.41, 5.74) is 6.04. The molecule has 3 atom stereocenters. The van der Waals surface area contributed by atoms with Crippen molar-refractivity contribution in [3.05, 3.63) is 33.8 Å². The third-order valence-electron chi connectivity index (χ3n) is 3.45. The zero-order chi connectivity index (χ0) is 13.3. The summed E-state index contributed by atoms with van der Waals surface area (Å²) in [6, 6.07) is 2.21. The molecule has 2 N–H and O–H groups in total. The van der Waals surface area contributed by atoms with E-state index >= 15 is 0 Å². The zero-order valence-corrected chi connectivity index (χ0v) is 11.7. The lowest BCUT2D eigenvalue weighted by atomic mass is 9.93. The van der Waals surface area contributed by atoms with E-state index in [-0.39, 0.29) is 28.6 Å². The summed E-state index contributed by atoms with van der Waals surface area (Å²) in [5.74, 6) is -0.800. The van der Waals surface area contributed by atoms with Crippen LogP contribution in [-0.4, -0.2) is 18.8 Å². The van der Waals surface area contributed by atoms with Crippen LogP contribution >= 0.6 is 15.9 Å². The maximum Gasteiger partial charge on any atom is 0.143 e. The standard InChI is InChI=1S/C13H16BrF2NO/c1-7-4-5-18-13(7)11(17)6-8-10(15)3-2-9(14)12(8)16/h2-3,7,11,13H,4-6,17H2,1H3. The van der Waals surface area contributed by atoms with Crippen molar-refractivity contribution >= 4 is 15.9 Å². The van der Waals surface area contributed by atoms with Gasteiger partial charge < -0.3 is 10.5 Å². The van der Waals surface area contributed by atoms with Gasteiger partial charge in [0.05, 0.1) is 10.6 Å². The number of benzene rings is 1. The Balaban J connectivity index is 2.16. The molecule has 0 aliphatic carbocycles. The minimum Gasteiger partial charge on any atom is -0.376 e. The largest absolute Gasteiger partial charge is 0.376 e. The Labute approximate surface area is 114 Å². The second-order valence-corrected chi connectivity index (χ2v) is 5.65. The van der Waals surface area contributed by atoms with Crippen LogP contribution in [0.4, 0.5) is 8.78 Å². The summed E-state index contributed by atoms with van der Waals surface area (Å²) in [6.45, 7) is 2.72. The van der Waals surface area contributed by atoms with Crippen molar-refractivity contribution in [3.8, 4) is 0 Å². The fourth-order valence-corrected chi connectivity index (χ4v) is 2.74. The number of halogens is 3. The van der Waals surface area contributed by atoms with Crippen LogP contribution in [0.15, 0.2) is 16.6 Å². The van der Waals surface area contributed by atoms with Gasteiger partial charge in [-0.15, -0.1) is 0 Å². The van der Waals surface area contributed by atoms with E-state index in [0.717, 1.165) is 6.42 Å². The summed E-state index contributed by atoms with van der Waals surface area (Å²) in [7, 11) is 0. The van der Waals surface area contributed by atoms with Crippen LogP contribution in [0.1, 0.15) is 18.9 Å². The number of nitrogens with two attached hydrogens (primary N) is 1. The Hall–Kier alpha value is -0.520. The Kier molecular flexibility index (Phi) is 4.35. The van der Waals surface area contributed by atoms with E-state index in [2.05, 4.69) is 15.9 Å². The average molecular weight is 320 g/mol. The summed E-state index contributed by atoms with van der Waals surface area (Å²) >= 11 is 3.05. The minimum atomic E-state index is -0.573. The highest BCUT2D eigenvalue weighted by atomic mass is 79.9. The fourth-order valence-electron chi connectivity index (χ4n) is 2.37. The van der Waals surface area contributed by atoms with Crippen molar-refractivity contribution in [2.75, 3.05) is 6.61 Å². The predicted molar refractivity (Wildman–Crippen MR) is 69.3 cm³/mol. The molecule has 1 aromatic carbocycles. The van der Waals surface area contributed by atoms with E-state index in [9.17, 15) is 8.78 Å². The first-order chi connectivity index (χ1) is 8.50. The maximum atomic E-state index is 13.8. The highest BCUT2D eigenvalue weighted by molar-refractivity contribution is 9.10. The SMILES string of the molecule is CC1CCOC1C(N)Cc1c(F)ccc(Br)c1F. The van der Waals surface area contributed by atoms with Gasteiger partial charge in [-0.25, -0.2) is 8.78 Å². The first-order valence-corrected chi connectivity index (χ1v) is 6.79. The van der Waals surface area contributed by atoms with E-state index < -0.39 is 11.6 Å². The van der Waals surface area contributed by atoms with Crippen molar-refractivity contribution in [2.45, 2.75) is 31.9 Å². The Bertz CT molecular complexity index is 441.